The second-order valence-corrected chi connectivity index (χ2v) is 3.65. The Kier molecular flexibility index (Phi) is 5.93. The van der Waals surface area contributed by atoms with Gasteiger partial charge in [-0.2, -0.15) is 0 Å². The zero-order valence-electron chi connectivity index (χ0n) is 9.82. The van der Waals surface area contributed by atoms with Crippen LogP contribution in [0, 0.1) is 0 Å². The van der Waals surface area contributed by atoms with Crippen molar-refractivity contribution in [3.63, 3.8) is 0 Å². The van der Waals surface area contributed by atoms with Crippen molar-refractivity contribution in [1.82, 2.24) is 4.90 Å². The molecule has 0 spiro atoms. The molecular formula is C10H20N2O3. The van der Waals surface area contributed by atoms with Crippen LogP contribution in [0.5, 0.6) is 0 Å². The van der Waals surface area contributed by atoms with Crippen molar-refractivity contribution in [2.24, 2.45) is 5.73 Å². The Morgan fingerprint density at radius 2 is 1.93 bits per heavy atom. The fourth-order valence-corrected chi connectivity index (χ4v) is 1.11. The third kappa shape index (κ3) is 4.29. The van der Waals surface area contributed by atoms with E-state index in [9.17, 15) is 9.59 Å². The SMILES string of the molecule is CC[C@H](N)C(=O)N(CC(=O)OC)C(C)C. The van der Waals surface area contributed by atoms with Gasteiger partial charge in [0.15, 0.2) is 0 Å². The van der Waals surface area contributed by atoms with Gasteiger partial charge in [-0.3, -0.25) is 9.59 Å². The zero-order chi connectivity index (χ0) is 12.0. The largest absolute Gasteiger partial charge is 0.468 e. The average molecular weight is 216 g/mol. The van der Waals surface area contributed by atoms with Crippen molar-refractivity contribution in [3.8, 4) is 0 Å². The molecule has 0 aliphatic rings. The number of amides is 1. The Hall–Kier alpha value is -1.10. The maximum Gasteiger partial charge on any atom is 0.325 e. The summed E-state index contributed by atoms with van der Waals surface area (Å²) in [5.41, 5.74) is 5.63. The maximum atomic E-state index is 11.8. The van der Waals surface area contributed by atoms with E-state index in [2.05, 4.69) is 4.74 Å². The van der Waals surface area contributed by atoms with E-state index in [1.165, 1.54) is 12.0 Å². The Balaban J connectivity index is 4.52. The second-order valence-electron chi connectivity index (χ2n) is 3.65. The summed E-state index contributed by atoms with van der Waals surface area (Å²) < 4.78 is 4.52. The lowest BCUT2D eigenvalue weighted by Gasteiger charge is -2.27. The number of esters is 1. The number of rotatable bonds is 5. The van der Waals surface area contributed by atoms with Crippen molar-refractivity contribution in [2.75, 3.05) is 13.7 Å². The van der Waals surface area contributed by atoms with Crippen LogP contribution in [0.3, 0.4) is 0 Å². The van der Waals surface area contributed by atoms with Gasteiger partial charge in [-0.1, -0.05) is 6.92 Å². The van der Waals surface area contributed by atoms with Crippen LogP contribution in [0.25, 0.3) is 0 Å². The molecule has 0 aromatic heterocycles. The molecule has 15 heavy (non-hydrogen) atoms. The summed E-state index contributed by atoms with van der Waals surface area (Å²) in [6.45, 7) is 5.46. The van der Waals surface area contributed by atoms with Crippen molar-refractivity contribution < 1.29 is 14.3 Å². The number of carbonyl (C=O) groups is 2. The number of hydrogen-bond donors (Lipinski definition) is 1. The van der Waals surface area contributed by atoms with E-state index in [0.717, 1.165) is 0 Å². The van der Waals surface area contributed by atoms with Gasteiger partial charge in [-0.05, 0) is 20.3 Å². The van der Waals surface area contributed by atoms with Crippen LogP contribution >= 0.6 is 0 Å². The van der Waals surface area contributed by atoms with Crippen molar-refractivity contribution in [2.45, 2.75) is 39.3 Å². The lowest BCUT2D eigenvalue weighted by atomic mass is 10.2. The Bertz CT molecular complexity index is 229. The molecule has 0 aliphatic carbocycles. The lowest BCUT2D eigenvalue weighted by Crippen LogP contribution is -2.48. The van der Waals surface area contributed by atoms with E-state index in [1.54, 1.807) is 0 Å². The number of nitrogens with two attached hydrogens (primary N) is 1. The van der Waals surface area contributed by atoms with Crippen LogP contribution in [0.2, 0.25) is 0 Å². The topological polar surface area (TPSA) is 72.6 Å². The van der Waals surface area contributed by atoms with Gasteiger partial charge >= 0.3 is 5.97 Å². The first kappa shape index (κ1) is 13.9. The van der Waals surface area contributed by atoms with Crippen molar-refractivity contribution in [3.05, 3.63) is 0 Å². The van der Waals surface area contributed by atoms with Crippen LogP contribution in [-0.4, -0.2) is 42.5 Å². The van der Waals surface area contributed by atoms with Gasteiger partial charge in [0, 0.05) is 6.04 Å². The maximum absolute atomic E-state index is 11.8. The molecule has 0 aliphatic heterocycles. The van der Waals surface area contributed by atoms with Gasteiger partial charge in [0.2, 0.25) is 5.91 Å². The zero-order valence-corrected chi connectivity index (χ0v) is 9.82. The molecule has 88 valence electrons. The summed E-state index contributed by atoms with van der Waals surface area (Å²) in [6, 6.07) is -0.605. The summed E-state index contributed by atoms with van der Waals surface area (Å²) in [7, 11) is 1.30. The molecule has 0 heterocycles. The van der Waals surface area contributed by atoms with Crippen LogP contribution in [0.4, 0.5) is 0 Å². The summed E-state index contributed by atoms with van der Waals surface area (Å²) in [5.74, 6) is -0.641. The van der Waals surface area contributed by atoms with Gasteiger partial charge in [-0.15, -0.1) is 0 Å². The molecule has 0 fully saturated rings. The Morgan fingerprint density at radius 3 is 2.27 bits per heavy atom. The average Bonchev–Trinajstić information content (AvgIpc) is 2.22. The molecule has 0 saturated heterocycles. The fourth-order valence-electron chi connectivity index (χ4n) is 1.11. The van der Waals surface area contributed by atoms with Crippen LogP contribution < -0.4 is 5.73 Å². The molecule has 5 heteroatoms. The summed E-state index contributed by atoms with van der Waals surface area (Å²) in [6.07, 6.45) is 0.559. The third-order valence-electron chi connectivity index (χ3n) is 2.19. The quantitative estimate of drug-likeness (QED) is 0.663. The smallest absolute Gasteiger partial charge is 0.325 e. The van der Waals surface area contributed by atoms with Crippen molar-refractivity contribution in [1.29, 1.82) is 0 Å². The number of nitrogens with zero attached hydrogens (tertiary/aromatic N) is 1. The summed E-state index contributed by atoms with van der Waals surface area (Å²) in [4.78, 5) is 24.3. The second kappa shape index (κ2) is 6.40. The standard InChI is InChI=1S/C10H20N2O3/c1-5-8(11)10(14)12(7(2)3)6-9(13)15-4/h7-8H,5-6,11H2,1-4H3/t8-/m0/s1. The highest BCUT2D eigenvalue weighted by Gasteiger charge is 2.24. The fraction of sp³-hybridized carbons (Fsp3) is 0.800. The molecule has 0 aromatic carbocycles. The first-order valence-corrected chi connectivity index (χ1v) is 5.06. The van der Waals surface area contributed by atoms with Gasteiger partial charge in [0.1, 0.15) is 6.54 Å². The van der Waals surface area contributed by atoms with E-state index in [0.29, 0.717) is 6.42 Å². The minimum atomic E-state index is -0.544. The molecular weight excluding hydrogens is 196 g/mol. The predicted octanol–water partition coefficient (Wildman–Crippen LogP) is 0.134. The summed E-state index contributed by atoms with van der Waals surface area (Å²) >= 11 is 0. The first-order valence-electron chi connectivity index (χ1n) is 5.06. The van der Waals surface area contributed by atoms with E-state index < -0.39 is 12.0 Å². The van der Waals surface area contributed by atoms with Crippen LogP contribution in [0.15, 0.2) is 0 Å². The molecule has 5 nitrogen and oxygen atoms in total. The van der Waals surface area contributed by atoms with E-state index in [4.69, 9.17) is 5.73 Å². The Labute approximate surface area is 90.6 Å². The minimum absolute atomic E-state index is 0.0410. The normalized spacial score (nSPS) is 12.4. The lowest BCUT2D eigenvalue weighted by molar-refractivity contribution is -0.148. The van der Waals surface area contributed by atoms with Crippen molar-refractivity contribution >= 4 is 11.9 Å². The molecule has 1 atom stereocenters. The number of ether oxygens (including phenoxy) is 1. The van der Waals surface area contributed by atoms with Gasteiger partial charge in [-0.25, -0.2) is 0 Å². The molecule has 1 amide bonds. The Morgan fingerprint density at radius 1 is 1.40 bits per heavy atom. The monoisotopic (exact) mass is 216 g/mol. The van der Waals surface area contributed by atoms with Gasteiger partial charge < -0.3 is 15.4 Å². The third-order valence-corrected chi connectivity index (χ3v) is 2.19. The highest BCUT2D eigenvalue weighted by Crippen LogP contribution is 2.03. The molecule has 2 N–H and O–H groups in total. The molecule has 0 saturated carbocycles. The van der Waals surface area contributed by atoms with Gasteiger partial charge in [0.05, 0.1) is 13.2 Å². The van der Waals surface area contributed by atoms with E-state index in [-0.39, 0.29) is 18.5 Å². The first-order chi connectivity index (χ1) is 6.93. The van der Waals surface area contributed by atoms with Gasteiger partial charge in [0.25, 0.3) is 0 Å². The van der Waals surface area contributed by atoms with Crippen LogP contribution in [-0.2, 0) is 14.3 Å². The molecule has 0 bridgehead atoms. The van der Waals surface area contributed by atoms with Crippen LogP contribution in [0.1, 0.15) is 27.2 Å². The minimum Gasteiger partial charge on any atom is -0.468 e. The predicted molar refractivity (Wildman–Crippen MR) is 57.1 cm³/mol. The van der Waals surface area contributed by atoms with E-state index >= 15 is 0 Å². The highest BCUT2D eigenvalue weighted by molar-refractivity contribution is 5.85. The van der Waals surface area contributed by atoms with E-state index in [1.807, 2.05) is 20.8 Å². The number of methoxy groups -OCH3 is 1. The molecule has 0 rings (SSSR count). The molecule has 0 radical (unpaired) electrons. The number of hydrogen-bond acceptors (Lipinski definition) is 4. The molecule has 0 unspecified atom stereocenters. The highest BCUT2D eigenvalue weighted by atomic mass is 16.5. The molecule has 0 aromatic rings. The summed E-state index contributed by atoms with van der Waals surface area (Å²) in [5, 5.41) is 0. The number of carbonyl (C=O) groups excluding carboxylic acids is 2.